The van der Waals surface area contributed by atoms with Gasteiger partial charge in [0, 0.05) is 0 Å². The van der Waals surface area contributed by atoms with Crippen molar-refractivity contribution in [3.8, 4) is 17.6 Å². The minimum atomic E-state index is -0.278. The molecule has 0 aliphatic carbocycles. The van der Waals surface area contributed by atoms with Crippen LogP contribution in [0.5, 0.6) is 11.5 Å². The molecule has 4 aromatic rings. The van der Waals surface area contributed by atoms with Crippen molar-refractivity contribution >= 4 is 22.4 Å². The van der Waals surface area contributed by atoms with Crippen molar-refractivity contribution in [1.29, 1.82) is 5.26 Å². The summed E-state index contributed by atoms with van der Waals surface area (Å²) in [5.74, 6) is 0.913. The Balaban J connectivity index is 1.60. The van der Waals surface area contributed by atoms with Crippen molar-refractivity contribution in [2.45, 2.75) is 13.5 Å². The minimum Gasteiger partial charge on any atom is -0.490 e. The lowest BCUT2D eigenvalue weighted by molar-refractivity contribution is 0.269. The van der Waals surface area contributed by atoms with Crippen LogP contribution in [0.25, 0.3) is 22.4 Å². The van der Waals surface area contributed by atoms with Gasteiger partial charge in [-0.25, -0.2) is 4.39 Å². The van der Waals surface area contributed by atoms with E-state index in [4.69, 9.17) is 9.47 Å². The maximum Gasteiger partial charge on any atom is 0.161 e. The number of fused-ring (bicyclic) bond motifs is 1. The van der Waals surface area contributed by atoms with Gasteiger partial charge in [0.15, 0.2) is 11.5 Å². The third kappa shape index (κ3) is 4.96. The zero-order chi connectivity index (χ0) is 22.3. The number of hydrogen-bond acceptors (Lipinski definition) is 3. The highest BCUT2D eigenvalue weighted by Crippen LogP contribution is 2.31. The molecule has 0 amide bonds. The Bertz CT molecular complexity index is 1300. The van der Waals surface area contributed by atoms with E-state index in [2.05, 4.69) is 6.07 Å². The van der Waals surface area contributed by atoms with Crippen LogP contribution in [0.1, 0.15) is 23.6 Å². The average molecular weight is 423 g/mol. The molecule has 0 unspecified atom stereocenters. The van der Waals surface area contributed by atoms with Crippen LogP contribution in [-0.2, 0) is 6.61 Å². The predicted octanol–water partition coefficient (Wildman–Crippen LogP) is 7.02. The van der Waals surface area contributed by atoms with Gasteiger partial charge in [-0.05, 0) is 70.8 Å². The van der Waals surface area contributed by atoms with Gasteiger partial charge in [0.05, 0.1) is 18.2 Å². The molecule has 3 nitrogen and oxygen atoms in total. The molecule has 0 fully saturated rings. The second-order valence-corrected chi connectivity index (χ2v) is 7.29. The molecule has 0 saturated heterocycles. The standard InChI is InChI=1S/C28H22FNO2/c1-2-31-28-16-21(9-14-27(28)32-19-20-7-12-26(29)13-8-20)15-25(18-30)24-11-10-22-5-3-4-6-23(22)17-24/h3-17H,2,19H2,1H3/b25-15-. The lowest BCUT2D eigenvalue weighted by Crippen LogP contribution is -2.00. The summed E-state index contributed by atoms with van der Waals surface area (Å²) in [5, 5.41) is 12.0. The SMILES string of the molecule is CCOc1cc(/C=C(/C#N)c2ccc3ccccc3c2)ccc1OCc1ccc(F)cc1. The Morgan fingerprint density at radius 1 is 0.875 bits per heavy atom. The highest BCUT2D eigenvalue weighted by atomic mass is 19.1. The molecule has 32 heavy (non-hydrogen) atoms. The second kappa shape index (κ2) is 9.80. The van der Waals surface area contributed by atoms with Gasteiger partial charge in [0.1, 0.15) is 12.4 Å². The number of hydrogen-bond donors (Lipinski definition) is 0. The molecular formula is C28H22FNO2. The smallest absolute Gasteiger partial charge is 0.161 e. The largest absolute Gasteiger partial charge is 0.490 e. The molecule has 0 aliphatic rings. The van der Waals surface area contributed by atoms with Crippen LogP contribution in [0.15, 0.2) is 84.9 Å². The first kappa shape index (κ1) is 21.1. The first-order chi connectivity index (χ1) is 15.7. The minimum absolute atomic E-state index is 0.278. The molecule has 4 aromatic carbocycles. The molecular weight excluding hydrogens is 401 g/mol. The lowest BCUT2D eigenvalue weighted by atomic mass is 10.00. The molecule has 0 saturated carbocycles. The van der Waals surface area contributed by atoms with Gasteiger partial charge in [-0.1, -0.05) is 54.6 Å². The quantitative estimate of drug-likeness (QED) is 0.237. The molecule has 4 rings (SSSR count). The summed E-state index contributed by atoms with van der Waals surface area (Å²) in [6.45, 7) is 2.69. The summed E-state index contributed by atoms with van der Waals surface area (Å²) in [4.78, 5) is 0. The maximum absolute atomic E-state index is 13.1. The molecule has 0 aromatic heterocycles. The van der Waals surface area contributed by atoms with E-state index in [0.717, 1.165) is 27.5 Å². The van der Waals surface area contributed by atoms with Crippen molar-refractivity contribution in [1.82, 2.24) is 0 Å². The van der Waals surface area contributed by atoms with E-state index in [9.17, 15) is 9.65 Å². The Kier molecular flexibility index (Phi) is 6.48. The van der Waals surface area contributed by atoms with Crippen LogP contribution >= 0.6 is 0 Å². The normalized spacial score (nSPS) is 11.2. The fourth-order valence-corrected chi connectivity index (χ4v) is 3.45. The molecule has 0 radical (unpaired) electrons. The number of halogens is 1. The number of benzene rings is 4. The molecule has 0 heterocycles. The van der Waals surface area contributed by atoms with E-state index in [0.29, 0.717) is 30.3 Å². The van der Waals surface area contributed by atoms with Gasteiger partial charge in [0.2, 0.25) is 0 Å². The van der Waals surface area contributed by atoms with Crippen LogP contribution in [0.3, 0.4) is 0 Å². The van der Waals surface area contributed by atoms with E-state index >= 15 is 0 Å². The number of nitrogens with zero attached hydrogens (tertiary/aromatic N) is 1. The zero-order valence-electron chi connectivity index (χ0n) is 17.7. The van der Waals surface area contributed by atoms with Gasteiger partial charge in [-0.2, -0.15) is 5.26 Å². The number of allylic oxidation sites excluding steroid dienone is 1. The number of nitriles is 1. The van der Waals surface area contributed by atoms with Gasteiger partial charge in [-0.15, -0.1) is 0 Å². The molecule has 0 spiro atoms. The van der Waals surface area contributed by atoms with Gasteiger partial charge in [0.25, 0.3) is 0 Å². The van der Waals surface area contributed by atoms with E-state index in [1.165, 1.54) is 12.1 Å². The number of ether oxygens (including phenoxy) is 2. The van der Waals surface area contributed by atoms with E-state index in [1.54, 1.807) is 12.1 Å². The molecule has 4 heteroatoms. The highest BCUT2D eigenvalue weighted by molar-refractivity contribution is 5.94. The summed E-state index contributed by atoms with van der Waals surface area (Å²) < 4.78 is 24.8. The summed E-state index contributed by atoms with van der Waals surface area (Å²) in [7, 11) is 0. The zero-order valence-corrected chi connectivity index (χ0v) is 17.7. The Morgan fingerprint density at radius 3 is 2.41 bits per heavy atom. The Hall–Kier alpha value is -4.10. The van der Waals surface area contributed by atoms with Crippen LogP contribution < -0.4 is 9.47 Å². The van der Waals surface area contributed by atoms with Gasteiger partial charge < -0.3 is 9.47 Å². The fraction of sp³-hybridized carbons (Fsp3) is 0.107. The monoisotopic (exact) mass is 423 g/mol. The first-order valence-corrected chi connectivity index (χ1v) is 10.4. The van der Waals surface area contributed by atoms with Crippen molar-refractivity contribution in [3.63, 3.8) is 0 Å². The van der Waals surface area contributed by atoms with Gasteiger partial charge >= 0.3 is 0 Å². The van der Waals surface area contributed by atoms with Crippen LogP contribution in [0.2, 0.25) is 0 Å². The first-order valence-electron chi connectivity index (χ1n) is 10.4. The third-order valence-electron chi connectivity index (χ3n) is 5.07. The van der Waals surface area contributed by atoms with Crippen molar-refractivity contribution in [3.05, 3.63) is 107 Å². The fourth-order valence-electron chi connectivity index (χ4n) is 3.45. The lowest BCUT2D eigenvalue weighted by Gasteiger charge is -2.13. The Morgan fingerprint density at radius 2 is 1.66 bits per heavy atom. The number of rotatable bonds is 7. The van der Waals surface area contributed by atoms with E-state index < -0.39 is 0 Å². The Labute approximate surface area is 187 Å². The van der Waals surface area contributed by atoms with Crippen LogP contribution in [0, 0.1) is 17.1 Å². The summed E-state index contributed by atoms with van der Waals surface area (Å²) >= 11 is 0. The van der Waals surface area contributed by atoms with Crippen LogP contribution in [0.4, 0.5) is 4.39 Å². The van der Waals surface area contributed by atoms with Crippen molar-refractivity contribution in [2.75, 3.05) is 6.61 Å². The summed E-state index contributed by atoms with van der Waals surface area (Å²) in [6.07, 6.45) is 1.84. The molecule has 0 N–H and O–H groups in total. The predicted molar refractivity (Wildman–Crippen MR) is 126 cm³/mol. The topological polar surface area (TPSA) is 42.2 Å². The average Bonchev–Trinajstić information content (AvgIpc) is 2.83. The van der Waals surface area contributed by atoms with E-state index in [-0.39, 0.29) is 5.82 Å². The van der Waals surface area contributed by atoms with Crippen molar-refractivity contribution < 1.29 is 13.9 Å². The molecule has 0 bridgehead atoms. The summed E-state index contributed by atoms with van der Waals surface area (Å²) in [5.41, 5.74) is 3.13. The molecule has 0 atom stereocenters. The maximum atomic E-state index is 13.1. The summed E-state index contributed by atoms with van der Waals surface area (Å²) in [6, 6.07) is 28.2. The highest BCUT2D eigenvalue weighted by Gasteiger charge is 2.09. The van der Waals surface area contributed by atoms with Gasteiger partial charge in [-0.3, -0.25) is 0 Å². The molecule has 158 valence electrons. The third-order valence-corrected chi connectivity index (χ3v) is 5.07. The van der Waals surface area contributed by atoms with Crippen molar-refractivity contribution in [2.24, 2.45) is 0 Å². The molecule has 0 aliphatic heterocycles. The van der Waals surface area contributed by atoms with Crippen LogP contribution in [-0.4, -0.2) is 6.61 Å². The van der Waals surface area contributed by atoms with E-state index in [1.807, 2.05) is 73.7 Å². The second-order valence-electron chi connectivity index (χ2n) is 7.29.